The number of carbonyl (C=O) groups excluding carboxylic acids is 2. The van der Waals surface area contributed by atoms with E-state index in [2.05, 4.69) is 13.8 Å². The Kier molecular flexibility index (Phi) is 18.2. The molecule has 7 heteroatoms. The molecule has 0 radical (unpaired) electrons. The van der Waals surface area contributed by atoms with Gasteiger partial charge in [0.1, 0.15) is 11.5 Å². The molecule has 0 fully saturated rings. The normalized spacial score (nSPS) is 11.9. The summed E-state index contributed by atoms with van der Waals surface area (Å²) in [7, 11) is 0. The third-order valence-corrected chi connectivity index (χ3v) is 11.7. The summed E-state index contributed by atoms with van der Waals surface area (Å²) in [5.74, 6) is -1.68. The van der Waals surface area contributed by atoms with Crippen LogP contribution >= 0.6 is 0 Å². The van der Waals surface area contributed by atoms with E-state index in [1.165, 1.54) is 25.7 Å². The van der Waals surface area contributed by atoms with Gasteiger partial charge < -0.3 is 30.0 Å². The average molecular weight is 760 g/mol. The van der Waals surface area contributed by atoms with Crippen LogP contribution in [0.15, 0.2) is 24.3 Å². The molecule has 0 aliphatic rings. The zero-order valence-corrected chi connectivity index (χ0v) is 34.8. The second-order valence-electron chi connectivity index (χ2n) is 16.6. The zero-order valence-electron chi connectivity index (χ0n) is 32.0. The van der Waals surface area contributed by atoms with Gasteiger partial charge in [0.15, 0.2) is 0 Å². The number of hydrogen-bond donors (Lipinski definition) is 2. The molecular weight excluding hydrogens is 695 g/mol. The number of carbonyl (C=O) groups is 2. The first-order chi connectivity index (χ1) is 21.3. The van der Waals surface area contributed by atoms with Gasteiger partial charge >= 0.3 is 69.5 Å². The number of carboxylic acids is 2. The molecule has 0 atom stereocenters. The fourth-order valence-corrected chi connectivity index (χ4v) is 9.10. The Bertz CT molecular complexity index is 1110. The Balaban J connectivity index is 0.000000721. The van der Waals surface area contributed by atoms with Crippen LogP contribution in [0.25, 0.3) is 0 Å². The number of aliphatic carboxylic acids is 2. The third kappa shape index (κ3) is 16.6. The first-order valence-corrected chi connectivity index (χ1v) is 21.1. The fraction of sp³-hybridized carbons (Fsp3) is 0.650. The molecule has 0 bridgehead atoms. The Morgan fingerprint density at radius 1 is 0.553 bits per heavy atom. The SMILES string of the molecule is CC(C)(C)c1cc(CC(=O)[O-])cc(C(C)(C)C)c1O.CC(C)(C)c1cc(CC(=O)[O-])cc(C(C)(C)C)c1O.CCC[CH2][Sn+2][CH2]CCC. The van der Waals surface area contributed by atoms with Crippen LogP contribution in [0, 0.1) is 0 Å². The first kappa shape index (κ1) is 44.8. The molecule has 0 aromatic heterocycles. The van der Waals surface area contributed by atoms with E-state index in [9.17, 15) is 30.0 Å². The van der Waals surface area contributed by atoms with Crippen molar-refractivity contribution in [2.24, 2.45) is 0 Å². The molecule has 2 rings (SSSR count). The van der Waals surface area contributed by atoms with Crippen molar-refractivity contribution in [2.75, 3.05) is 0 Å². The summed E-state index contributed by atoms with van der Waals surface area (Å²) in [6, 6.07) is 7.06. The van der Waals surface area contributed by atoms with E-state index < -0.39 is 11.9 Å². The van der Waals surface area contributed by atoms with Crippen molar-refractivity contribution in [1.82, 2.24) is 0 Å². The van der Waals surface area contributed by atoms with Gasteiger partial charge in [-0.1, -0.05) is 107 Å². The van der Waals surface area contributed by atoms with Crippen molar-refractivity contribution in [3.63, 3.8) is 0 Å². The molecule has 0 aliphatic heterocycles. The van der Waals surface area contributed by atoms with Crippen LogP contribution in [0.4, 0.5) is 0 Å². The molecule has 0 aliphatic carbocycles. The molecule has 2 aromatic carbocycles. The predicted octanol–water partition coefficient (Wildman–Crippen LogP) is 7.69. The van der Waals surface area contributed by atoms with Crippen LogP contribution in [0.1, 0.15) is 156 Å². The van der Waals surface area contributed by atoms with Gasteiger partial charge in [-0.2, -0.15) is 0 Å². The fourth-order valence-electron chi connectivity index (χ4n) is 4.94. The van der Waals surface area contributed by atoms with Gasteiger partial charge in [-0.05, 0) is 55.0 Å². The van der Waals surface area contributed by atoms with Crippen LogP contribution in [0.5, 0.6) is 11.5 Å². The van der Waals surface area contributed by atoms with Gasteiger partial charge in [-0.3, -0.25) is 0 Å². The molecular formula is C40H64O6Sn. The van der Waals surface area contributed by atoms with E-state index in [0.29, 0.717) is 11.1 Å². The van der Waals surface area contributed by atoms with E-state index >= 15 is 0 Å². The number of carboxylic acid groups (broad SMARTS) is 2. The minimum atomic E-state index is -1.11. The summed E-state index contributed by atoms with van der Waals surface area (Å²) < 4.78 is 3.25. The van der Waals surface area contributed by atoms with Gasteiger partial charge in [-0.15, -0.1) is 0 Å². The molecule has 6 nitrogen and oxygen atoms in total. The van der Waals surface area contributed by atoms with Gasteiger partial charge in [0.25, 0.3) is 0 Å². The Hall–Kier alpha value is -2.22. The van der Waals surface area contributed by atoms with Crippen molar-refractivity contribution in [2.45, 2.75) is 166 Å². The Labute approximate surface area is 297 Å². The summed E-state index contributed by atoms with van der Waals surface area (Å²) in [5.41, 5.74) is 3.47. The van der Waals surface area contributed by atoms with Crippen molar-refractivity contribution in [3.05, 3.63) is 57.6 Å². The number of aromatic hydroxyl groups is 2. The molecule has 0 heterocycles. The maximum atomic E-state index is 10.8. The Morgan fingerprint density at radius 2 is 0.787 bits per heavy atom. The van der Waals surface area contributed by atoms with Crippen LogP contribution in [-0.4, -0.2) is 43.3 Å². The van der Waals surface area contributed by atoms with E-state index in [0.717, 1.165) is 22.3 Å². The summed E-state index contributed by atoms with van der Waals surface area (Å²) in [6.45, 7) is 28.5. The maximum absolute atomic E-state index is 10.8. The van der Waals surface area contributed by atoms with E-state index in [1.807, 2.05) is 83.1 Å². The molecule has 0 unspecified atom stereocenters. The standard InChI is InChI=1S/2C16H24O3.2C4H9.Sn/c2*1-15(2,3)11-7-10(9-13(17)18)8-12(14(11)19)16(4,5)6;2*1-3-4-2;/h2*7-8,19H,9H2,1-6H3,(H,17,18);2*1,3-4H2,2H3;/q;;;;+2/p-2. The summed E-state index contributed by atoms with van der Waals surface area (Å²) >= 11 is 0.149. The van der Waals surface area contributed by atoms with E-state index in [1.54, 1.807) is 33.1 Å². The van der Waals surface area contributed by atoms with E-state index in [-0.39, 0.29) is 67.1 Å². The summed E-state index contributed by atoms with van der Waals surface area (Å²) in [6.07, 6.45) is 5.57. The van der Waals surface area contributed by atoms with Gasteiger partial charge in [0.2, 0.25) is 0 Å². The zero-order chi connectivity index (χ0) is 37.0. The molecule has 0 saturated heterocycles. The third-order valence-electron chi connectivity index (χ3n) is 7.68. The molecule has 47 heavy (non-hydrogen) atoms. The first-order valence-electron chi connectivity index (χ1n) is 17.1. The van der Waals surface area contributed by atoms with Crippen molar-refractivity contribution in [3.8, 4) is 11.5 Å². The number of unbranched alkanes of at least 4 members (excludes halogenated alkanes) is 2. The molecule has 264 valence electrons. The van der Waals surface area contributed by atoms with Crippen molar-refractivity contribution < 1.29 is 30.0 Å². The van der Waals surface area contributed by atoms with Gasteiger partial charge in [0, 0.05) is 24.8 Å². The minimum absolute atomic E-state index is 0.133. The van der Waals surface area contributed by atoms with Crippen LogP contribution in [0.2, 0.25) is 8.87 Å². The average Bonchev–Trinajstić information content (AvgIpc) is 2.88. The van der Waals surface area contributed by atoms with E-state index in [4.69, 9.17) is 0 Å². The van der Waals surface area contributed by atoms with Crippen LogP contribution in [-0.2, 0) is 44.1 Å². The molecule has 0 amide bonds. The van der Waals surface area contributed by atoms with Crippen LogP contribution in [0.3, 0.4) is 0 Å². The monoisotopic (exact) mass is 760 g/mol. The predicted molar refractivity (Wildman–Crippen MR) is 194 cm³/mol. The quantitative estimate of drug-likeness (QED) is 0.190. The topological polar surface area (TPSA) is 121 Å². The molecule has 0 saturated carbocycles. The summed E-state index contributed by atoms with van der Waals surface area (Å²) in [4.78, 5) is 21.6. The van der Waals surface area contributed by atoms with Gasteiger partial charge in [-0.25, -0.2) is 0 Å². The summed E-state index contributed by atoms with van der Waals surface area (Å²) in [5, 5.41) is 42.5. The molecule has 2 aromatic rings. The number of phenols is 2. The number of phenolic OH excluding ortho intramolecular Hbond substituents is 2. The number of rotatable bonds is 10. The van der Waals surface area contributed by atoms with Crippen molar-refractivity contribution >= 4 is 33.1 Å². The van der Waals surface area contributed by atoms with Gasteiger partial charge in [0.05, 0.1) is 0 Å². The molecule has 2 N–H and O–H groups in total. The van der Waals surface area contributed by atoms with Crippen LogP contribution < -0.4 is 10.2 Å². The number of hydrogen-bond acceptors (Lipinski definition) is 6. The number of benzene rings is 2. The molecule has 0 spiro atoms. The second-order valence-corrected chi connectivity index (χ2v) is 20.9. The Morgan fingerprint density at radius 3 is 0.957 bits per heavy atom. The second kappa shape index (κ2) is 19.1. The van der Waals surface area contributed by atoms with Crippen molar-refractivity contribution in [1.29, 1.82) is 0 Å².